The first-order valence-electron chi connectivity index (χ1n) is 5.64. The van der Waals surface area contributed by atoms with Gasteiger partial charge >= 0.3 is 0 Å². The maximum Gasteiger partial charge on any atom is 0.298 e. The number of carbonyl (C=O) groups is 1. The standard InChI is InChI=1S/C13H12Cl2N2O3/c1-17-12(10(19-2)11(20-3)13(17)18)16-7-4-5-8(14)9(15)6-7/h4-6H,1-3H3. The van der Waals surface area contributed by atoms with Gasteiger partial charge in [0.1, 0.15) is 0 Å². The summed E-state index contributed by atoms with van der Waals surface area (Å²) in [7, 11) is 4.44. The number of methoxy groups -OCH3 is 2. The molecule has 0 fully saturated rings. The second kappa shape index (κ2) is 5.73. The zero-order valence-electron chi connectivity index (χ0n) is 11.1. The van der Waals surface area contributed by atoms with E-state index in [2.05, 4.69) is 4.99 Å². The molecule has 0 unspecified atom stereocenters. The van der Waals surface area contributed by atoms with Crippen LogP contribution in [0.4, 0.5) is 5.69 Å². The summed E-state index contributed by atoms with van der Waals surface area (Å²) in [6.45, 7) is 0. The molecule has 0 spiro atoms. The summed E-state index contributed by atoms with van der Waals surface area (Å²) in [6, 6.07) is 4.93. The monoisotopic (exact) mass is 314 g/mol. The molecule has 0 N–H and O–H groups in total. The van der Waals surface area contributed by atoms with E-state index < -0.39 is 0 Å². The molecule has 0 aliphatic carbocycles. The Morgan fingerprint density at radius 1 is 1.10 bits per heavy atom. The Kier molecular flexibility index (Phi) is 4.20. The van der Waals surface area contributed by atoms with Crippen molar-refractivity contribution >= 4 is 40.6 Å². The minimum Gasteiger partial charge on any atom is -0.490 e. The Morgan fingerprint density at radius 2 is 1.75 bits per heavy atom. The average Bonchev–Trinajstić information content (AvgIpc) is 2.66. The lowest BCUT2D eigenvalue weighted by Gasteiger charge is -2.11. The molecule has 106 valence electrons. The summed E-state index contributed by atoms with van der Waals surface area (Å²) in [5.74, 6) is 0.441. The number of benzene rings is 1. The van der Waals surface area contributed by atoms with Gasteiger partial charge in [0.2, 0.25) is 11.5 Å². The lowest BCUT2D eigenvalue weighted by molar-refractivity contribution is -0.124. The molecule has 1 aromatic carbocycles. The van der Waals surface area contributed by atoms with Crippen molar-refractivity contribution in [1.29, 1.82) is 0 Å². The maximum atomic E-state index is 12.0. The highest BCUT2D eigenvalue weighted by molar-refractivity contribution is 6.42. The van der Waals surface area contributed by atoms with E-state index in [4.69, 9.17) is 32.7 Å². The highest BCUT2D eigenvalue weighted by Crippen LogP contribution is 2.29. The molecule has 2 rings (SSSR count). The van der Waals surface area contributed by atoms with Crippen molar-refractivity contribution < 1.29 is 14.3 Å². The number of rotatable bonds is 3. The number of amidine groups is 1. The molecule has 0 atom stereocenters. The summed E-state index contributed by atoms with van der Waals surface area (Å²) in [5.41, 5.74) is 0.556. The zero-order valence-corrected chi connectivity index (χ0v) is 12.6. The van der Waals surface area contributed by atoms with Gasteiger partial charge in [-0.2, -0.15) is 0 Å². The zero-order chi connectivity index (χ0) is 14.9. The van der Waals surface area contributed by atoms with Crippen LogP contribution in [0.1, 0.15) is 0 Å². The number of nitrogens with zero attached hydrogens (tertiary/aromatic N) is 2. The van der Waals surface area contributed by atoms with Crippen LogP contribution in [-0.2, 0) is 14.3 Å². The number of hydrogen-bond acceptors (Lipinski definition) is 4. The first-order chi connectivity index (χ1) is 9.49. The number of hydrogen-bond donors (Lipinski definition) is 0. The van der Waals surface area contributed by atoms with Gasteiger partial charge in [-0.3, -0.25) is 9.69 Å². The second-order valence-electron chi connectivity index (χ2n) is 3.96. The number of carbonyl (C=O) groups excluding carboxylic acids is 1. The molecule has 1 amide bonds. The van der Waals surface area contributed by atoms with Gasteiger partial charge in [0, 0.05) is 7.05 Å². The number of amides is 1. The molecule has 7 heteroatoms. The summed E-state index contributed by atoms with van der Waals surface area (Å²) in [5, 5.41) is 0.821. The third-order valence-electron chi connectivity index (χ3n) is 2.77. The van der Waals surface area contributed by atoms with Gasteiger partial charge in [0.15, 0.2) is 5.84 Å². The quantitative estimate of drug-likeness (QED) is 0.861. The highest BCUT2D eigenvalue weighted by atomic mass is 35.5. The van der Waals surface area contributed by atoms with Crippen molar-refractivity contribution in [2.75, 3.05) is 21.3 Å². The number of halogens is 2. The van der Waals surface area contributed by atoms with Gasteiger partial charge in [0.05, 0.1) is 30.0 Å². The highest BCUT2D eigenvalue weighted by Gasteiger charge is 2.36. The average molecular weight is 315 g/mol. The molecule has 0 saturated carbocycles. The fourth-order valence-corrected chi connectivity index (χ4v) is 2.06. The van der Waals surface area contributed by atoms with Crippen LogP contribution in [0.5, 0.6) is 0 Å². The van der Waals surface area contributed by atoms with E-state index in [0.29, 0.717) is 21.6 Å². The third-order valence-corrected chi connectivity index (χ3v) is 3.51. The van der Waals surface area contributed by atoms with E-state index in [0.717, 1.165) is 0 Å². The molecule has 20 heavy (non-hydrogen) atoms. The Labute approximate surface area is 126 Å². The number of likely N-dealkylation sites (N-methyl/N-ethyl adjacent to an activating group) is 1. The summed E-state index contributed by atoms with van der Waals surface area (Å²) < 4.78 is 10.2. The van der Waals surface area contributed by atoms with E-state index in [1.54, 1.807) is 25.2 Å². The van der Waals surface area contributed by atoms with E-state index in [-0.39, 0.29) is 17.4 Å². The SMILES string of the molecule is COC1=C(OC)C(=Nc2ccc(Cl)c(Cl)c2)N(C)C1=O. The van der Waals surface area contributed by atoms with E-state index in [1.165, 1.54) is 19.1 Å². The predicted octanol–water partition coefficient (Wildman–Crippen LogP) is 3.00. The fourth-order valence-electron chi connectivity index (χ4n) is 1.77. The van der Waals surface area contributed by atoms with E-state index >= 15 is 0 Å². The van der Waals surface area contributed by atoms with Gasteiger partial charge in [-0.15, -0.1) is 0 Å². The molecule has 1 aliphatic rings. The summed E-state index contributed by atoms with van der Waals surface area (Å²) in [6.07, 6.45) is 0. The van der Waals surface area contributed by atoms with Gasteiger partial charge in [-0.1, -0.05) is 23.2 Å². The van der Waals surface area contributed by atoms with Gasteiger partial charge in [-0.25, -0.2) is 4.99 Å². The van der Waals surface area contributed by atoms with Crippen LogP contribution in [0.25, 0.3) is 0 Å². The van der Waals surface area contributed by atoms with Crippen LogP contribution in [0.3, 0.4) is 0 Å². The van der Waals surface area contributed by atoms with Crippen molar-refractivity contribution in [3.8, 4) is 0 Å². The molecule has 0 radical (unpaired) electrons. The third kappa shape index (κ3) is 2.46. The Balaban J connectivity index is 2.49. The lowest BCUT2D eigenvalue weighted by atomic mass is 10.3. The first-order valence-corrected chi connectivity index (χ1v) is 6.39. The van der Waals surface area contributed by atoms with Crippen molar-refractivity contribution in [2.45, 2.75) is 0 Å². The predicted molar refractivity (Wildman–Crippen MR) is 77.4 cm³/mol. The van der Waals surface area contributed by atoms with Gasteiger partial charge in [-0.05, 0) is 18.2 Å². The molecule has 1 heterocycles. The van der Waals surface area contributed by atoms with Crippen molar-refractivity contribution in [3.63, 3.8) is 0 Å². The minimum absolute atomic E-state index is 0.119. The van der Waals surface area contributed by atoms with Crippen molar-refractivity contribution in [3.05, 3.63) is 39.8 Å². The Bertz CT molecular complexity index is 626. The van der Waals surface area contributed by atoms with Crippen LogP contribution < -0.4 is 0 Å². The van der Waals surface area contributed by atoms with Gasteiger partial charge < -0.3 is 9.47 Å². The number of ether oxygens (including phenoxy) is 2. The summed E-state index contributed by atoms with van der Waals surface area (Å²) in [4.78, 5) is 17.7. The molecule has 1 aromatic rings. The second-order valence-corrected chi connectivity index (χ2v) is 4.78. The van der Waals surface area contributed by atoms with Crippen molar-refractivity contribution in [1.82, 2.24) is 4.90 Å². The fraction of sp³-hybridized carbons (Fsp3) is 0.231. The molecule has 0 aromatic heterocycles. The number of aliphatic imine (C=N–C) groups is 1. The lowest BCUT2D eigenvalue weighted by Crippen LogP contribution is -2.27. The molecule has 0 saturated heterocycles. The largest absolute Gasteiger partial charge is 0.490 e. The molecule has 5 nitrogen and oxygen atoms in total. The molecular formula is C13H12Cl2N2O3. The summed E-state index contributed by atoms with van der Waals surface area (Å²) >= 11 is 11.8. The minimum atomic E-state index is -0.317. The van der Waals surface area contributed by atoms with Crippen LogP contribution in [0.2, 0.25) is 10.0 Å². The molecule has 0 bridgehead atoms. The Hall–Kier alpha value is -1.72. The van der Waals surface area contributed by atoms with Crippen molar-refractivity contribution in [2.24, 2.45) is 4.99 Å². The van der Waals surface area contributed by atoms with E-state index in [1.807, 2.05) is 0 Å². The topological polar surface area (TPSA) is 51.1 Å². The molecule has 1 aliphatic heterocycles. The van der Waals surface area contributed by atoms with E-state index in [9.17, 15) is 4.79 Å². The molecular weight excluding hydrogens is 303 g/mol. The van der Waals surface area contributed by atoms with Crippen LogP contribution >= 0.6 is 23.2 Å². The van der Waals surface area contributed by atoms with Crippen LogP contribution in [-0.4, -0.2) is 37.9 Å². The first kappa shape index (κ1) is 14.7. The maximum absolute atomic E-state index is 12.0. The van der Waals surface area contributed by atoms with Gasteiger partial charge in [0.25, 0.3) is 5.91 Å². The normalized spacial score (nSPS) is 17.1. The smallest absolute Gasteiger partial charge is 0.298 e. The van der Waals surface area contributed by atoms with Crippen LogP contribution in [0.15, 0.2) is 34.7 Å². The van der Waals surface area contributed by atoms with Crippen LogP contribution in [0, 0.1) is 0 Å². The Morgan fingerprint density at radius 3 is 2.30 bits per heavy atom.